The van der Waals surface area contributed by atoms with Gasteiger partial charge in [0.15, 0.2) is 0 Å². The van der Waals surface area contributed by atoms with E-state index in [4.69, 9.17) is 5.73 Å². The highest BCUT2D eigenvalue weighted by molar-refractivity contribution is 6.07. The molecule has 3 rings (SSSR count). The van der Waals surface area contributed by atoms with Gasteiger partial charge in [-0.3, -0.25) is 14.3 Å². The van der Waals surface area contributed by atoms with E-state index in [9.17, 15) is 9.59 Å². The van der Waals surface area contributed by atoms with Crippen molar-refractivity contribution in [2.45, 2.75) is 25.4 Å². The predicted octanol–water partition coefficient (Wildman–Crippen LogP) is 0.996. The molecule has 7 nitrogen and oxygen atoms in total. The van der Waals surface area contributed by atoms with Crippen LogP contribution in [0.3, 0.4) is 0 Å². The number of nitrogens with two attached hydrogens (primary N) is 1. The van der Waals surface area contributed by atoms with Gasteiger partial charge in [-0.2, -0.15) is 5.10 Å². The van der Waals surface area contributed by atoms with Crippen molar-refractivity contribution < 1.29 is 9.59 Å². The lowest BCUT2D eigenvalue weighted by Gasteiger charge is -2.05. The Balaban J connectivity index is 1.60. The van der Waals surface area contributed by atoms with E-state index in [1.165, 1.54) is 10.9 Å². The molecule has 0 bridgehead atoms. The summed E-state index contributed by atoms with van der Waals surface area (Å²) < 4.78 is 1.49. The van der Waals surface area contributed by atoms with E-state index >= 15 is 0 Å². The van der Waals surface area contributed by atoms with Crippen LogP contribution in [0.25, 0.3) is 0 Å². The molecule has 1 saturated carbocycles. The number of hydrogen-bond donors (Lipinski definition) is 3. The number of benzene rings is 1. The van der Waals surface area contributed by atoms with Crippen LogP contribution >= 0.6 is 0 Å². The topological polar surface area (TPSA) is 102 Å². The minimum Gasteiger partial charge on any atom is -0.398 e. The van der Waals surface area contributed by atoms with Crippen molar-refractivity contribution in [3.05, 3.63) is 42.2 Å². The zero-order valence-electron chi connectivity index (χ0n) is 12.0. The molecule has 1 aliphatic rings. The molecule has 0 radical (unpaired) electrons. The van der Waals surface area contributed by atoms with Crippen LogP contribution in [0.5, 0.6) is 0 Å². The third-order valence-electron chi connectivity index (χ3n) is 3.34. The highest BCUT2D eigenvalue weighted by Crippen LogP contribution is 2.18. The van der Waals surface area contributed by atoms with Crippen molar-refractivity contribution in [3.63, 3.8) is 0 Å². The maximum Gasteiger partial charge on any atom is 0.257 e. The average Bonchev–Trinajstić information content (AvgIpc) is 3.18. The first kappa shape index (κ1) is 14.1. The Morgan fingerprint density at radius 2 is 2.09 bits per heavy atom. The van der Waals surface area contributed by atoms with Gasteiger partial charge in [0.1, 0.15) is 6.54 Å². The molecular formula is C15H17N5O2. The first-order valence-corrected chi connectivity index (χ1v) is 7.09. The number of hydrogen-bond acceptors (Lipinski definition) is 4. The fraction of sp³-hybridized carbons (Fsp3) is 0.267. The Morgan fingerprint density at radius 3 is 2.82 bits per heavy atom. The van der Waals surface area contributed by atoms with Gasteiger partial charge in [-0.15, -0.1) is 0 Å². The molecule has 0 unspecified atom stereocenters. The third kappa shape index (κ3) is 3.43. The maximum atomic E-state index is 12.1. The van der Waals surface area contributed by atoms with Crippen LogP contribution in [0.4, 0.5) is 11.4 Å². The smallest absolute Gasteiger partial charge is 0.257 e. The van der Waals surface area contributed by atoms with E-state index in [0.717, 1.165) is 12.8 Å². The fourth-order valence-corrected chi connectivity index (χ4v) is 2.06. The minimum atomic E-state index is -0.305. The molecule has 4 N–H and O–H groups in total. The lowest BCUT2D eigenvalue weighted by atomic mass is 10.1. The Kier molecular flexibility index (Phi) is 3.78. The molecule has 1 aromatic carbocycles. The van der Waals surface area contributed by atoms with Crippen molar-refractivity contribution in [3.8, 4) is 0 Å². The molecule has 0 atom stereocenters. The fourth-order valence-electron chi connectivity index (χ4n) is 2.06. The van der Waals surface area contributed by atoms with Crippen LogP contribution in [0.15, 0.2) is 36.7 Å². The Morgan fingerprint density at radius 1 is 1.32 bits per heavy atom. The van der Waals surface area contributed by atoms with Crippen molar-refractivity contribution in [1.29, 1.82) is 0 Å². The average molecular weight is 299 g/mol. The van der Waals surface area contributed by atoms with Gasteiger partial charge in [0.05, 0.1) is 17.4 Å². The molecule has 1 aliphatic carbocycles. The minimum absolute atomic E-state index is 0.0734. The van der Waals surface area contributed by atoms with Crippen LogP contribution in [0.1, 0.15) is 23.2 Å². The van der Waals surface area contributed by atoms with Crippen LogP contribution in [-0.2, 0) is 11.3 Å². The summed E-state index contributed by atoms with van der Waals surface area (Å²) in [4.78, 5) is 23.8. The summed E-state index contributed by atoms with van der Waals surface area (Å²) in [6.45, 7) is 0.139. The normalized spacial score (nSPS) is 13.6. The number of carbonyl (C=O) groups excluding carboxylic acids is 2. The monoisotopic (exact) mass is 299 g/mol. The first-order valence-electron chi connectivity index (χ1n) is 7.09. The van der Waals surface area contributed by atoms with E-state index in [0.29, 0.717) is 23.0 Å². The standard InChI is InChI=1S/C15H17N5O2/c16-13-4-2-1-3-12(13)15(22)19-11-7-17-20(8-11)9-14(21)18-10-5-6-10/h1-4,7-8,10H,5-6,9,16H2,(H,18,21)(H,19,22). The number of rotatable bonds is 5. The van der Waals surface area contributed by atoms with E-state index < -0.39 is 0 Å². The highest BCUT2D eigenvalue weighted by atomic mass is 16.2. The van der Waals surface area contributed by atoms with Gasteiger partial charge in [0, 0.05) is 17.9 Å². The number of nitrogens with zero attached hydrogens (tertiary/aromatic N) is 2. The molecule has 0 spiro atoms. The summed E-state index contributed by atoms with van der Waals surface area (Å²) in [5.74, 6) is -0.379. The molecule has 114 valence electrons. The van der Waals surface area contributed by atoms with Crippen LogP contribution in [-0.4, -0.2) is 27.6 Å². The molecular weight excluding hydrogens is 282 g/mol. The molecule has 0 aliphatic heterocycles. The van der Waals surface area contributed by atoms with Gasteiger partial charge < -0.3 is 16.4 Å². The zero-order chi connectivity index (χ0) is 15.5. The van der Waals surface area contributed by atoms with E-state index in [2.05, 4.69) is 15.7 Å². The summed E-state index contributed by atoms with van der Waals surface area (Å²) >= 11 is 0. The van der Waals surface area contributed by atoms with Crippen molar-refractivity contribution in [2.75, 3.05) is 11.1 Å². The van der Waals surface area contributed by atoms with Gasteiger partial charge in [-0.1, -0.05) is 12.1 Å². The summed E-state index contributed by atoms with van der Waals surface area (Å²) in [5, 5.41) is 9.66. The third-order valence-corrected chi connectivity index (χ3v) is 3.34. The number of nitrogens with one attached hydrogen (secondary N) is 2. The lowest BCUT2D eigenvalue weighted by Crippen LogP contribution is -2.29. The molecule has 22 heavy (non-hydrogen) atoms. The Labute approximate surface area is 127 Å². The lowest BCUT2D eigenvalue weighted by molar-refractivity contribution is -0.122. The molecule has 0 saturated heterocycles. The Bertz CT molecular complexity index is 705. The number of nitrogen functional groups attached to an aromatic ring is 1. The zero-order valence-corrected chi connectivity index (χ0v) is 12.0. The maximum absolute atomic E-state index is 12.1. The van der Waals surface area contributed by atoms with Crippen molar-refractivity contribution in [1.82, 2.24) is 15.1 Å². The quantitative estimate of drug-likeness (QED) is 0.717. The van der Waals surface area contributed by atoms with Crippen molar-refractivity contribution >= 4 is 23.2 Å². The first-order chi connectivity index (χ1) is 10.6. The molecule has 2 amide bonds. The van der Waals surface area contributed by atoms with Gasteiger partial charge in [0.25, 0.3) is 5.91 Å². The van der Waals surface area contributed by atoms with Crippen LogP contribution in [0, 0.1) is 0 Å². The Hall–Kier alpha value is -2.83. The molecule has 2 aromatic rings. The van der Waals surface area contributed by atoms with E-state index in [-0.39, 0.29) is 18.4 Å². The number of amides is 2. The number of anilines is 2. The predicted molar refractivity (Wildman–Crippen MR) is 82.2 cm³/mol. The summed E-state index contributed by atoms with van der Waals surface area (Å²) in [5.41, 5.74) is 7.10. The number of carbonyl (C=O) groups is 2. The largest absolute Gasteiger partial charge is 0.398 e. The number of para-hydroxylation sites is 1. The van der Waals surface area contributed by atoms with Crippen LogP contribution in [0.2, 0.25) is 0 Å². The molecule has 1 aromatic heterocycles. The van der Waals surface area contributed by atoms with E-state index in [1.54, 1.807) is 30.5 Å². The van der Waals surface area contributed by atoms with Gasteiger partial charge in [-0.05, 0) is 25.0 Å². The summed E-state index contributed by atoms with van der Waals surface area (Å²) in [6.07, 6.45) is 5.21. The van der Waals surface area contributed by atoms with E-state index in [1.807, 2.05) is 0 Å². The SMILES string of the molecule is Nc1ccccc1C(=O)Nc1cnn(CC(=O)NC2CC2)c1. The summed E-state index contributed by atoms with van der Waals surface area (Å²) in [6, 6.07) is 7.15. The molecule has 1 heterocycles. The van der Waals surface area contributed by atoms with Crippen molar-refractivity contribution in [2.24, 2.45) is 0 Å². The second kappa shape index (κ2) is 5.88. The highest BCUT2D eigenvalue weighted by Gasteiger charge is 2.23. The molecule has 7 heteroatoms. The van der Waals surface area contributed by atoms with Crippen LogP contribution < -0.4 is 16.4 Å². The molecule has 1 fully saturated rings. The second-order valence-electron chi connectivity index (χ2n) is 5.31. The van der Waals surface area contributed by atoms with Gasteiger partial charge >= 0.3 is 0 Å². The second-order valence-corrected chi connectivity index (χ2v) is 5.31. The van der Waals surface area contributed by atoms with Gasteiger partial charge in [-0.25, -0.2) is 0 Å². The number of aromatic nitrogens is 2. The van der Waals surface area contributed by atoms with Gasteiger partial charge in [0.2, 0.25) is 5.91 Å². The summed E-state index contributed by atoms with van der Waals surface area (Å²) in [7, 11) is 0.